The highest BCUT2D eigenvalue weighted by molar-refractivity contribution is 5.61. The Morgan fingerprint density at radius 1 is 1.29 bits per heavy atom. The summed E-state index contributed by atoms with van der Waals surface area (Å²) in [4.78, 5) is 2.50. The van der Waals surface area contributed by atoms with Gasteiger partial charge in [0, 0.05) is 37.1 Å². The first-order valence-electron chi connectivity index (χ1n) is 8.50. The molecule has 0 aromatic heterocycles. The summed E-state index contributed by atoms with van der Waals surface area (Å²) < 4.78 is 5.77. The molecule has 3 rings (SSSR count). The van der Waals surface area contributed by atoms with Crippen LogP contribution in [0.3, 0.4) is 0 Å². The fraction of sp³-hybridized carbons (Fsp3) is 0.667. The van der Waals surface area contributed by atoms with Gasteiger partial charge in [0.2, 0.25) is 0 Å². The van der Waals surface area contributed by atoms with Gasteiger partial charge in [-0.15, -0.1) is 0 Å². The average Bonchev–Trinajstić information content (AvgIpc) is 3.04. The lowest BCUT2D eigenvalue weighted by atomic mass is 10.0. The van der Waals surface area contributed by atoms with E-state index in [1.807, 2.05) is 0 Å². The Labute approximate surface area is 128 Å². The topological polar surface area (TPSA) is 24.5 Å². The summed E-state index contributed by atoms with van der Waals surface area (Å²) in [5, 5.41) is 3.73. The summed E-state index contributed by atoms with van der Waals surface area (Å²) in [6.45, 7) is 7.75. The monoisotopic (exact) mass is 288 g/mol. The zero-order valence-electron chi connectivity index (χ0n) is 13.4. The van der Waals surface area contributed by atoms with Crippen LogP contribution in [0.4, 0.5) is 11.4 Å². The molecule has 3 nitrogen and oxygen atoms in total. The molecular formula is C18H28N2O. The van der Waals surface area contributed by atoms with E-state index in [-0.39, 0.29) is 0 Å². The lowest BCUT2D eigenvalue weighted by molar-refractivity contribution is 0.00925. The van der Waals surface area contributed by atoms with Crippen LogP contribution in [0.1, 0.15) is 44.6 Å². The largest absolute Gasteiger partial charge is 0.382 e. The Balaban J connectivity index is 1.65. The van der Waals surface area contributed by atoms with Crippen molar-refractivity contribution in [1.82, 2.24) is 0 Å². The Morgan fingerprint density at radius 3 is 2.81 bits per heavy atom. The molecule has 0 aliphatic carbocycles. The first-order valence-corrected chi connectivity index (χ1v) is 8.50. The third-order valence-electron chi connectivity index (χ3n) is 4.86. The Kier molecular flexibility index (Phi) is 4.69. The summed E-state index contributed by atoms with van der Waals surface area (Å²) in [5.74, 6) is 0. The van der Waals surface area contributed by atoms with Crippen molar-refractivity contribution >= 4 is 11.4 Å². The molecule has 2 heterocycles. The van der Waals surface area contributed by atoms with E-state index in [0.29, 0.717) is 12.1 Å². The zero-order chi connectivity index (χ0) is 14.7. The lowest BCUT2D eigenvalue weighted by Crippen LogP contribution is -2.33. The molecule has 1 aromatic carbocycles. The predicted molar refractivity (Wildman–Crippen MR) is 89.3 cm³/mol. The van der Waals surface area contributed by atoms with Crippen LogP contribution >= 0.6 is 0 Å². The van der Waals surface area contributed by atoms with Gasteiger partial charge in [-0.3, -0.25) is 0 Å². The van der Waals surface area contributed by atoms with Crippen LogP contribution in [0, 0.1) is 6.92 Å². The molecule has 2 atom stereocenters. The van der Waals surface area contributed by atoms with Gasteiger partial charge in [0.05, 0.1) is 6.10 Å². The van der Waals surface area contributed by atoms with Crippen molar-refractivity contribution in [3.8, 4) is 0 Å². The van der Waals surface area contributed by atoms with E-state index in [0.717, 1.165) is 25.9 Å². The minimum Gasteiger partial charge on any atom is -0.382 e. The molecule has 0 spiro atoms. The first kappa shape index (κ1) is 14.7. The molecular weight excluding hydrogens is 260 g/mol. The zero-order valence-corrected chi connectivity index (χ0v) is 13.4. The second-order valence-electron chi connectivity index (χ2n) is 6.46. The molecule has 116 valence electrons. The van der Waals surface area contributed by atoms with Crippen molar-refractivity contribution < 1.29 is 4.74 Å². The van der Waals surface area contributed by atoms with Crippen LogP contribution in [0.2, 0.25) is 0 Å². The molecule has 1 N–H and O–H groups in total. The summed E-state index contributed by atoms with van der Waals surface area (Å²) in [7, 11) is 0. The number of rotatable bonds is 4. The number of aryl methyl sites for hydroxylation is 1. The van der Waals surface area contributed by atoms with Crippen molar-refractivity contribution in [3.05, 3.63) is 23.8 Å². The van der Waals surface area contributed by atoms with Crippen molar-refractivity contribution in [2.45, 2.75) is 58.1 Å². The molecule has 21 heavy (non-hydrogen) atoms. The number of anilines is 2. The maximum atomic E-state index is 5.77. The molecule has 2 fully saturated rings. The van der Waals surface area contributed by atoms with E-state index < -0.39 is 0 Å². The van der Waals surface area contributed by atoms with E-state index in [9.17, 15) is 0 Å². The van der Waals surface area contributed by atoms with Crippen molar-refractivity contribution in [3.63, 3.8) is 0 Å². The van der Waals surface area contributed by atoms with Gasteiger partial charge in [0.25, 0.3) is 0 Å². The number of hydrogen-bond donors (Lipinski definition) is 1. The lowest BCUT2D eigenvalue weighted by Gasteiger charge is -2.31. The number of nitrogens with zero attached hydrogens (tertiary/aromatic N) is 1. The standard InChI is InChI=1S/C18H28N2O/c1-3-17-13-15(8-11-21-17)19-18-7-6-16(12-14(18)2)20-9-4-5-10-20/h6-7,12,15,17,19H,3-5,8-11,13H2,1-2H3. The molecule has 0 saturated carbocycles. The summed E-state index contributed by atoms with van der Waals surface area (Å²) >= 11 is 0. The van der Waals surface area contributed by atoms with E-state index in [4.69, 9.17) is 4.74 Å². The van der Waals surface area contributed by atoms with Crippen LogP contribution in [-0.2, 0) is 4.74 Å². The highest BCUT2D eigenvalue weighted by atomic mass is 16.5. The van der Waals surface area contributed by atoms with Crippen molar-refractivity contribution in [2.24, 2.45) is 0 Å². The molecule has 2 aliphatic rings. The molecule has 1 aromatic rings. The fourth-order valence-corrected chi connectivity index (χ4v) is 3.50. The van der Waals surface area contributed by atoms with Crippen molar-refractivity contribution in [1.29, 1.82) is 0 Å². The van der Waals surface area contributed by atoms with Crippen LogP contribution in [0.25, 0.3) is 0 Å². The van der Waals surface area contributed by atoms with E-state index in [1.54, 1.807) is 0 Å². The minimum absolute atomic E-state index is 0.431. The minimum atomic E-state index is 0.431. The normalized spacial score (nSPS) is 26.1. The SMILES string of the molecule is CCC1CC(Nc2ccc(N3CCCC3)cc2C)CCO1. The third kappa shape index (κ3) is 3.52. The summed E-state index contributed by atoms with van der Waals surface area (Å²) in [6.07, 6.45) is 6.46. The van der Waals surface area contributed by atoms with Crippen LogP contribution in [0.15, 0.2) is 18.2 Å². The number of ether oxygens (including phenoxy) is 1. The van der Waals surface area contributed by atoms with Gasteiger partial charge in [-0.2, -0.15) is 0 Å². The van der Waals surface area contributed by atoms with E-state index in [1.165, 1.54) is 42.9 Å². The Bertz CT molecular complexity index is 468. The maximum absolute atomic E-state index is 5.77. The Hall–Kier alpha value is -1.22. The highest BCUT2D eigenvalue weighted by Crippen LogP contribution is 2.27. The molecule has 2 unspecified atom stereocenters. The van der Waals surface area contributed by atoms with Gasteiger partial charge in [0.1, 0.15) is 0 Å². The van der Waals surface area contributed by atoms with Gasteiger partial charge in [0.15, 0.2) is 0 Å². The van der Waals surface area contributed by atoms with Gasteiger partial charge >= 0.3 is 0 Å². The van der Waals surface area contributed by atoms with Gasteiger partial charge in [-0.1, -0.05) is 6.92 Å². The molecule has 0 amide bonds. The number of nitrogens with one attached hydrogen (secondary N) is 1. The summed E-state index contributed by atoms with van der Waals surface area (Å²) in [5.41, 5.74) is 4.03. The smallest absolute Gasteiger partial charge is 0.0592 e. The van der Waals surface area contributed by atoms with Crippen LogP contribution in [-0.4, -0.2) is 31.8 Å². The highest BCUT2D eigenvalue weighted by Gasteiger charge is 2.21. The fourth-order valence-electron chi connectivity index (χ4n) is 3.50. The summed E-state index contributed by atoms with van der Waals surface area (Å²) in [6, 6.07) is 7.43. The number of hydrogen-bond acceptors (Lipinski definition) is 3. The van der Waals surface area contributed by atoms with E-state index in [2.05, 4.69) is 42.3 Å². The molecule has 3 heteroatoms. The first-order chi connectivity index (χ1) is 10.3. The van der Waals surface area contributed by atoms with Gasteiger partial charge in [-0.05, 0) is 62.8 Å². The Morgan fingerprint density at radius 2 is 2.10 bits per heavy atom. The molecule has 0 bridgehead atoms. The second kappa shape index (κ2) is 6.69. The quantitative estimate of drug-likeness (QED) is 0.907. The predicted octanol–water partition coefficient (Wildman–Crippen LogP) is 3.96. The van der Waals surface area contributed by atoms with Gasteiger partial charge < -0.3 is 15.0 Å². The molecule has 2 aliphatic heterocycles. The van der Waals surface area contributed by atoms with Crippen LogP contribution in [0.5, 0.6) is 0 Å². The van der Waals surface area contributed by atoms with Crippen molar-refractivity contribution in [2.75, 3.05) is 29.9 Å². The second-order valence-corrected chi connectivity index (χ2v) is 6.46. The maximum Gasteiger partial charge on any atom is 0.0592 e. The average molecular weight is 288 g/mol. The van der Waals surface area contributed by atoms with Gasteiger partial charge in [-0.25, -0.2) is 0 Å². The van der Waals surface area contributed by atoms with Crippen LogP contribution < -0.4 is 10.2 Å². The number of benzene rings is 1. The third-order valence-corrected chi connectivity index (χ3v) is 4.86. The molecule has 0 radical (unpaired) electrons. The molecule has 2 saturated heterocycles. The van der Waals surface area contributed by atoms with E-state index >= 15 is 0 Å².